The molecule has 0 unspecified atom stereocenters. The lowest BCUT2D eigenvalue weighted by atomic mass is 10.2. The molecule has 0 radical (unpaired) electrons. The molecule has 1 aromatic carbocycles. The van der Waals surface area contributed by atoms with Gasteiger partial charge in [-0.1, -0.05) is 0 Å². The summed E-state index contributed by atoms with van der Waals surface area (Å²) in [5.74, 6) is -1.90. The molecule has 0 N–H and O–H groups in total. The molecule has 0 nitrogen and oxygen atoms in total. The molecule has 1 aromatic rings. The molecule has 0 saturated heterocycles. The van der Waals surface area contributed by atoms with Crippen LogP contribution in [0, 0.1) is 15.2 Å². The summed E-state index contributed by atoms with van der Waals surface area (Å²) in [5.41, 5.74) is -0.889. The second-order valence-corrected chi connectivity index (χ2v) is 3.25. The molecule has 0 aromatic heterocycles. The molecule has 12 heavy (non-hydrogen) atoms. The monoisotopic (exact) mass is 290 g/mol. The smallest absolute Gasteiger partial charge is 0.207 e. The van der Waals surface area contributed by atoms with Crippen LogP contribution in [0.4, 0.5) is 17.6 Å². The van der Waals surface area contributed by atoms with Crippen molar-refractivity contribution in [3.05, 3.63) is 32.9 Å². The van der Waals surface area contributed by atoms with Crippen LogP contribution in [0.15, 0.2) is 12.1 Å². The summed E-state index contributed by atoms with van der Waals surface area (Å²) in [6.45, 7) is 0. The quantitative estimate of drug-likeness (QED) is 0.422. The summed E-state index contributed by atoms with van der Waals surface area (Å²) in [7, 11) is 0. The van der Waals surface area contributed by atoms with E-state index in [2.05, 4.69) is 0 Å². The van der Waals surface area contributed by atoms with Crippen LogP contribution in [-0.4, -0.2) is 0 Å². The van der Waals surface area contributed by atoms with E-state index in [1.807, 2.05) is 0 Å². The summed E-state index contributed by atoms with van der Waals surface area (Å²) in [5, 5.41) is 0. The molecule has 0 saturated carbocycles. The molecule has 0 bridgehead atoms. The fourth-order valence-corrected chi connectivity index (χ4v) is 1.34. The highest BCUT2D eigenvalue weighted by molar-refractivity contribution is 14.1. The summed E-state index contributed by atoms with van der Waals surface area (Å²) in [6, 6.07) is 1.37. The number of halogens is 5. The Morgan fingerprint density at radius 2 is 1.75 bits per heavy atom. The Morgan fingerprint density at radius 1 is 1.17 bits per heavy atom. The van der Waals surface area contributed by atoms with E-state index >= 15 is 0 Å². The number of benzene rings is 1. The first-order valence-electron chi connectivity index (χ1n) is 2.95. The maximum atomic E-state index is 12.8. The highest BCUT2D eigenvalue weighted by Crippen LogP contribution is 2.26. The zero-order valence-corrected chi connectivity index (χ0v) is 7.78. The highest BCUT2D eigenvalue weighted by Gasteiger charge is 2.16. The van der Waals surface area contributed by atoms with E-state index in [0.717, 1.165) is 6.07 Å². The Hall–Kier alpha value is -0.330. The molecular formula is C7H3F4I. The summed E-state index contributed by atoms with van der Waals surface area (Å²) < 4.78 is 49.1. The summed E-state index contributed by atoms with van der Waals surface area (Å²) in [4.78, 5) is 0. The first-order chi connectivity index (χ1) is 5.52. The maximum Gasteiger partial charge on any atom is 0.266 e. The number of hydrogen-bond donors (Lipinski definition) is 0. The van der Waals surface area contributed by atoms with Crippen molar-refractivity contribution in [3.8, 4) is 0 Å². The minimum Gasteiger partial charge on any atom is -0.207 e. The van der Waals surface area contributed by atoms with E-state index in [0.29, 0.717) is 6.07 Å². The van der Waals surface area contributed by atoms with Gasteiger partial charge in [0.25, 0.3) is 6.43 Å². The van der Waals surface area contributed by atoms with Crippen LogP contribution in [0.2, 0.25) is 0 Å². The van der Waals surface area contributed by atoms with Crippen LogP contribution in [0.5, 0.6) is 0 Å². The minimum atomic E-state index is -2.98. The Kier molecular flexibility index (Phi) is 2.92. The standard InChI is InChI=1S/C7H3F4I/c8-3-1-4(7(10)11)6(9)5(12)2-3/h1-2,7H. The van der Waals surface area contributed by atoms with Crippen LogP contribution in [0.3, 0.4) is 0 Å². The van der Waals surface area contributed by atoms with Crippen molar-refractivity contribution in [2.24, 2.45) is 0 Å². The predicted molar refractivity (Wildman–Crippen MR) is 44.0 cm³/mol. The van der Waals surface area contributed by atoms with Crippen LogP contribution >= 0.6 is 22.6 Å². The second kappa shape index (κ2) is 3.59. The number of rotatable bonds is 1. The van der Waals surface area contributed by atoms with Crippen molar-refractivity contribution in [2.75, 3.05) is 0 Å². The molecule has 5 heteroatoms. The maximum absolute atomic E-state index is 12.8. The number of alkyl halides is 2. The normalized spacial score (nSPS) is 10.8. The topological polar surface area (TPSA) is 0 Å². The highest BCUT2D eigenvalue weighted by atomic mass is 127. The van der Waals surface area contributed by atoms with Gasteiger partial charge in [-0.2, -0.15) is 0 Å². The lowest BCUT2D eigenvalue weighted by molar-refractivity contribution is 0.145. The van der Waals surface area contributed by atoms with Crippen LogP contribution in [0.1, 0.15) is 12.0 Å². The van der Waals surface area contributed by atoms with Gasteiger partial charge in [0.1, 0.15) is 11.6 Å². The zero-order valence-electron chi connectivity index (χ0n) is 5.62. The van der Waals surface area contributed by atoms with E-state index in [1.54, 1.807) is 0 Å². The van der Waals surface area contributed by atoms with Gasteiger partial charge in [-0.25, -0.2) is 17.6 Å². The van der Waals surface area contributed by atoms with Crippen molar-refractivity contribution in [2.45, 2.75) is 6.43 Å². The van der Waals surface area contributed by atoms with E-state index in [1.165, 1.54) is 22.6 Å². The molecule has 0 aliphatic heterocycles. The van der Waals surface area contributed by atoms with Crippen molar-refractivity contribution < 1.29 is 17.6 Å². The summed E-state index contributed by atoms with van der Waals surface area (Å²) in [6.07, 6.45) is -2.98. The average Bonchev–Trinajstić information content (AvgIpc) is 1.96. The van der Waals surface area contributed by atoms with Crippen LogP contribution in [0.25, 0.3) is 0 Å². The first-order valence-corrected chi connectivity index (χ1v) is 4.03. The Balaban J connectivity index is 3.28. The molecule has 0 aliphatic rings. The molecule has 0 amide bonds. The van der Waals surface area contributed by atoms with Crippen molar-refractivity contribution in [1.82, 2.24) is 0 Å². The van der Waals surface area contributed by atoms with Crippen molar-refractivity contribution >= 4 is 22.6 Å². The second-order valence-electron chi connectivity index (χ2n) is 2.09. The Labute approximate surface area is 79.7 Å². The van der Waals surface area contributed by atoms with E-state index in [4.69, 9.17) is 0 Å². The van der Waals surface area contributed by atoms with E-state index in [-0.39, 0.29) is 3.57 Å². The van der Waals surface area contributed by atoms with Gasteiger partial charge >= 0.3 is 0 Å². The lowest BCUT2D eigenvalue weighted by Gasteiger charge is -2.03. The van der Waals surface area contributed by atoms with Crippen LogP contribution < -0.4 is 0 Å². The van der Waals surface area contributed by atoms with Gasteiger partial charge in [0.05, 0.1) is 9.13 Å². The first kappa shape index (κ1) is 9.76. The van der Waals surface area contributed by atoms with Gasteiger partial charge in [0.2, 0.25) is 0 Å². The van der Waals surface area contributed by atoms with Gasteiger partial charge in [-0.3, -0.25) is 0 Å². The lowest BCUT2D eigenvalue weighted by Crippen LogP contribution is -1.95. The Morgan fingerprint density at radius 3 is 2.25 bits per heavy atom. The predicted octanol–water partition coefficient (Wildman–Crippen LogP) is 3.51. The van der Waals surface area contributed by atoms with Crippen molar-refractivity contribution in [1.29, 1.82) is 0 Å². The Bertz CT molecular complexity index is 298. The fraction of sp³-hybridized carbons (Fsp3) is 0.143. The average molecular weight is 290 g/mol. The van der Waals surface area contributed by atoms with Gasteiger partial charge in [-0.05, 0) is 34.7 Å². The van der Waals surface area contributed by atoms with Crippen molar-refractivity contribution in [3.63, 3.8) is 0 Å². The largest absolute Gasteiger partial charge is 0.266 e. The van der Waals surface area contributed by atoms with Gasteiger partial charge in [-0.15, -0.1) is 0 Å². The van der Waals surface area contributed by atoms with Gasteiger partial charge < -0.3 is 0 Å². The third kappa shape index (κ3) is 1.88. The zero-order chi connectivity index (χ0) is 9.30. The third-order valence-electron chi connectivity index (χ3n) is 1.26. The van der Waals surface area contributed by atoms with Gasteiger partial charge in [0, 0.05) is 0 Å². The molecule has 0 fully saturated rings. The molecule has 0 aliphatic carbocycles. The number of hydrogen-bond acceptors (Lipinski definition) is 0. The molecule has 1 rings (SSSR count). The molecule has 0 atom stereocenters. The molecule has 0 spiro atoms. The molecule has 0 heterocycles. The van der Waals surface area contributed by atoms with Crippen LogP contribution in [-0.2, 0) is 0 Å². The van der Waals surface area contributed by atoms with E-state index in [9.17, 15) is 17.6 Å². The van der Waals surface area contributed by atoms with Gasteiger partial charge in [0.15, 0.2) is 0 Å². The van der Waals surface area contributed by atoms with E-state index < -0.39 is 23.6 Å². The molecule has 66 valence electrons. The summed E-state index contributed by atoms with van der Waals surface area (Å²) >= 11 is 1.46. The minimum absolute atomic E-state index is 0.136. The fourth-order valence-electron chi connectivity index (χ4n) is 0.735. The third-order valence-corrected chi connectivity index (χ3v) is 2.04. The SMILES string of the molecule is Fc1cc(I)c(F)c(C(F)F)c1. The molecular weight excluding hydrogens is 287 g/mol.